The van der Waals surface area contributed by atoms with Gasteiger partial charge in [-0.25, -0.2) is 0 Å². The number of hydrogen-bond donors (Lipinski definition) is 1. The zero-order valence-electron chi connectivity index (χ0n) is 11.0. The Morgan fingerprint density at radius 2 is 2.17 bits per heavy atom. The van der Waals surface area contributed by atoms with Crippen LogP contribution in [0.4, 0.5) is 0 Å². The van der Waals surface area contributed by atoms with Crippen molar-refractivity contribution >= 4 is 17.2 Å². The summed E-state index contributed by atoms with van der Waals surface area (Å²) in [5.74, 6) is 0.193. The Hall–Kier alpha value is -0.870. The molecule has 0 saturated heterocycles. The molecule has 0 unspecified atom stereocenters. The molecule has 3 nitrogen and oxygen atoms in total. The van der Waals surface area contributed by atoms with Gasteiger partial charge in [0.15, 0.2) is 0 Å². The zero-order valence-corrected chi connectivity index (χ0v) is 11.8. The van der Waals surface area contributed by atoms with E-state index in [1.54, 1.807) is 11.3 Å². The number of nitrogens with zero attached hydrogens (tertiary/aromatic N) is 1. The highest BCUT2D eigenvalue weighted by atomic mass is 32.1. The molecule has 1 amide bonds. The lowest BCUT2D eigenvalue weighted by Crippen LogP contribution is -2.44. The van der Waals surface area contributed by atoms with E-state index >= 15 is 0 Å². The third-order valence-electron chi connectivity index (χ3n) is 3.68. The molecule has 1 fully saturated rings. The molecule has 0 aliphatic heterocycles. The molecule has 4 heteroatoms. The summed E-state index contributed by atoms with van der Waals surface area (Å²) < 4.78 is 0. The van der Waals surface area contributed by atoms with Gasteiger partial charge in [-0.1, -0.05) is 6.92 Å². The number of thiophene rings is 1. The van der Waals surface area contributed by atoms with Crippen LogP contribution in [0.25, 0.3) is 0 Å². The fraction of sp³-hybridized carbons (Fsp3) is 0.643. The molecule has 18 heavy (non-hydrogen) atoms. The maximum Gasteiger partial charge on any atom is 0.254 e. The number of rotatable bonds is 4. The van der Waals surface area contributed by atoms with E-state index in [4.69, 9.17) is 5.73 Å². The molecule has 0 bridgehead atoms. The topological polar surface area (TPSA) is 46.3 Å². The van der Waals surface area contributed by atoms with E-state index in [0.717, 1.165) is 44.2 Å². The Labute approximate surface area is 113 Å². The second kappa shape index (κ2) is 6.34. The van der Waals surface area contributed by atoms with Crippen LogP contribution in [0.15, 0.2) is 16.8 Å². The second-order valence-electron chi connectivity index (χ2n) is 5.08. The van der Waals surface area contributed by atoms with Crippen molar-refractivity contribution in [3.05, 3.63) is 22.4 Å². The molecular weight excluding hydrogens is 244 g/mol. The quantitative estimate of drug-likeness (QED) is 0.911. The lowest BCUT2D eigenvalue weighted by atomic mass is 9.90. The maximum atomic E-state index is 12.5. The molecule has 1 heterocycles. The van der Waals surface area contributed by atoms with E-state index in [-0.39, 0.29) is 5.91 Å². The molecule has 2 N–H and O–H groups in total. The maximum absolute atomic E-state index is 12.5. The molecule has 1 aliphatic carbocycles. The summed E-state index contributed by atoms with van der Waals surface area (Å²) >= 11 is 1.58. The van der Waals surface area contributed by atoms with E-state index in [2.05, 4.69) is 11.8 Å². The largest absolute Gasteiger partial charge is 0.336 e. The van der Waals surface area contributed by atoms with Crippen LogP contribution < -0.4 is 5.73 Å². The SMILES string of the molecule is CCCN(C(=O)c1ccsc1)C1CCC(N)CC1. The fourth-order valence-electron chi connectivity index (χ4n) is 2.66. The summed E-state index contributed by atoms with van der Waals surface area (Å²) in [5, 5.41) is 3.91. The van der Waals surface area contributed by atoms with Gasteiger partial charge in [0.2, 0.25) is 0 Å². The van der Waals surface area contributed by atoms with Crippen LogP contribution in [-0.2, 0) is 0 Å². The lowest BCUT2D eigenvalue weighted by Gasteiger charge is -2.36. The van der Waals surface area contributed by atoms with Crippen LogP contribution in [0.3, 0.4) is 0 Å². The third-order valence-corrected chi connectivity index (χ3v) is 4.36. The minimum Gasteiger partial charge on any atom is -0.336 e. The number of nitrogens with two attached hydrogens (primary N) is 1. The van der Waals surface area contributed by atoms with Crippen molar-refractivity contribution in [1.29, 1.82) is 0 Å². The highest BCUT2D eigenvalue weighted by Crippen LogP contribution is 2.24. The van der Waals surface area contributed by atoms with E-state index in [9.17, 15) is 4.79 Å². The first-order valence-corrected chi connectivity index (χ1v) is 7.75. The molecule has 0 aromatic carbocycles. The van der Waals surface area contributed by atoms with Crippen molar-refractivity contribution in [2.45, 2.75) is 51.1 Å². The van der Waals surface area contributed by atoms with Crippen molar-refractivity contribution < 1.29 is 4.79 Å². The Balaban J connectivity index is 2.05. The molecule has 0 atom stereocenters. The average Bonchev–Trinajstić information content (AvgIpc) is 2.90. The smallest absolute Gasteiger partial charge is 0.254 e. The van der Waals surface area contributed by atoms with Gasteiger partial charge in [-0.2, -0.15) is 11.3 Å². The van der Waals surface area contributed by atoms with Crippen LogP contribution in [-0.4, -0.2) is 29.4 Å². The van der Waals surface area contributed by atoms with Crippen molar-refractivity contribution in [1.82, 2.24) is 4.90 Å². The Kier molecular flexibility index (Phi) is 4.78. The monoisotopic (exact) mass is 266 g/mol. The van der Waals surface area contributed by atoms with Crippen LogP contribution in [0, 0.1) is 0 Å². The number of carbonyl (C=O) groups excluding carboxylic acids is 1. The van der Waals surface area contributed by atoms with Crippen LogP contribution in [0.5, 0.6) is 0 Å². The summed E-state index contributed by atoms with van der Waals surface area (Å²) in [6, 6.07) is 2.64. The van der Waals surface area contributed by atoms with Crippen LogP contribution >= 0.6 is 11.3 Å². The summed E-state index contributed by atoms with van der Waals surface area (Å²) in [6.45, 7) is 2.98. The molecule has 0 radical (unpaired) electrons. The fourth-order valence-corrected chi connectivity index (χ4v) is 3.29. The van der Waals surface area contributed by atoms with Gasteiger partial charge in [0, 0.05) is 24.0 Å². The number of amides is 1. The molecule has 2 rings (SSSR count). The molecule has 1 aliphatic rings. The van der Waals surface area contributed by atoms with E-state index in [0.29, 0.717) is 12.1 Å². The van der Waals surface area contributed by atoms with Gasteiger partial charge in [0.1, 0.15) is 0 Å². The standard InChI is InChI=1S/C14H22N2OS/c1-2-8-16(13-5-3-12(15)4-6-13)14(17)11-7-9-18-10-11/h7,9-10,12-13H,2-6,8,15H2,1H3. The van der Waals surface area contributed by atoms with Gasteiger partial charge in [-0.15, -0.1) is 0 Å². The van der Waals surface area contributed by atoms with Gasteiger partial charge in [-0.05, 0) is 43.6 Å². The highest BCUT2D eigenvalue weighted by molar-refractivity contribution is 7.08. The molecule has 0 spiro atoms. The lowest BCUT2D eigenvalue weighted by molar-refractivity contribution is 0.0627. The summed E-state index contributed by atoms with van der Waals surface area (Å²) in [5.41, 5.74) is 6.78. The zero-order chi connectivity index (χ0) is 13.0. The predicted molar refractivity (Wildman–Crippen MR) is 75.9 cm³/mol. The first kappa shape index (κ1) is 13.6. The molecule has 1 aromatic rings. The van der Waals surface area contributed by atoms with Crippen molar-refractivity contribution in [2.75, 3.05) is 6.54 Å². The van der Waals surface area contributed by atoms with Gasteiger partial charge in [0.25, 0.3) is 5.91 Å². The van der Waals surface area contributed by atoms with Crippen molar-refractivity contribution in [3.63, 3.8) is 0 Å². The summed E-state index contributed by atoms with van der Waals surface area (Å²) in [7, 11) is 0. The Morgan fingerprint density at radius 1 is 1.44 bits per heavy atom. The summed E-state index contributed by atoms with van der Waals surface area (Å²) in [6.07, 6.45) is 5.20. The molecular formula is C14H22N2OS. The van der Waals surface area contributed by atoms with Gasteiger partial charge in [-0.3, -0.25) is 4.79 Å². The van der Waals surface area contributed by atoms with Crippen LogP contribution in [0.2, 0.25) is 0 Å². The predicted octanol–water partition coefficient (Wildman–Crippen LogP) is 2.87. The van der Waals surface area contributed by atoms with Gasteiger partial charge >= 0.3 is 0 Å². The Bertz CT molecular complexity index is 369. The molecule has 1 aromatic heterocycles. The minimum atomic E-state index is 0.193. The highest BCUT2D eigenvalue weighted by Gasteiger charge is 2.27. The van der Waals surface area contributed by atoms with Gasteiger partial charge < -0.3 is 10.6 Å². The summed E-state index contributed by atoms with van der Waals surface area (Å²) in [4.78, 5) is 14.5. The number of hydrogen-bond acceptors (Lipinski definition) is 3. The molecule has 100 valence electrons. The van der Waals surface area contributed by atoms with E-state index in [1.807, 2.05) is 16.8 Å². The first-order valence-electron chi connectivity index (χ1n) is 6.81. The minimum absolute atomic E-state index is 0.193. The normalized spacial score (nSPS) is 23.9. The van der Waals surface area contributed by atoms with E-state index in [1.165, 1.54) is 0 Å². The first-order chi connectivity index (χ1) is 8.72. The Morgan fingerprint density at radius 3 is 2.72 bits per heavy atom. The van der Waals surface area contributed by atoms with Gasteiger partial charge in [0.05, 0.1) is 5.56 Å². The second-order valence-corrected chi connectivity index (χ2v) is 5.86. The molecule has 1 saturated carbocycles. The average molecular weight is 266 g/mol. The van der Waals surface area contributed by atoms with Crippen molar-refractivity contribution in [3.8, 4) is 0 Å². The van der Waals surface area contributed by atoms with E-state index < -0.39 is 0 Å². The van der Waals surface area contributed by atoms with Crippen molar-refractivity contribution in [2.24, 2.45) is 5.73 Å². The number of carbonyl (C=O) groups is 1. The van der Waals surface area contributed by atoms with Crippen LogP contribution in [0.1, 0.15) is 49.4 Å². The third kappa shape index (κ3) is 3.12.